The summed E-state index contributed by atoms with van der Waals surface area (Å²) >= 11 is 0. The summed E-state index contributed by atoms with van der Waals surface area (Å²) in [6.07, 6.45) is 8.85. The van der Waals surface area contributed by atoms with Gasteiger partial charge in [-0.05, 0) is 51.4 Å². The lowest BCUT2D eigenvalue weighted by atomic mass is 9.82. The highest BCUT2D eigenvalue weighted by atomic mass is 16.2. The van der Waals surface area contributed by atoms with Crippen molar-refractivity contribution in [1.29, 1.82) is 0 Å². The van der Waals surface area contributed by atoms with E-state index in [4.69, 9.17) is 0 Å². The minimum Gasteiger partial charge on any atom is -0.352 e. The lowest BCUT2D eigenvalue weighted by Crippen LogP contribution is -2.41. The zero-order chi connectivity index (χ0) is 15.7. The summed E-state index contributed by atoms with van der Waals surface area (Å²) in [4.78, 5) is 30.9. The van der Waals surface area contributed by atoms with E-state index in [9.17, 15) is 9.59 Å². The molecular formula is C16H26N4O2. The van der Waals surface area contributed by atoms with Gasteiger partial charge in [-0.15, -0.1) is 0 Å². The number of rotatable bonds is 5. The van der Waals surface area contributed by atoms with E-state index in [2.05, 4.69) is 15.3 Å². The van der Waals surface area contributed by atoms with Crippen molar-refractivity contribution >= 4 is 5.95 Å². The molecule has 2 aliphatic carbocycles. The van der Waals surface area contributed by atoms with Crippen LogP contribution in [0.4, 0.5) is 5.95 Å². The predicted octanol–water partition coefficient (Wildman–Crippen LogP) is 2.28. The van der Waals surface area contributed by atoms with E-state index in [0.717, 1.165) is 4.57 Å². The molecule has 2 saturated carbocycles. The third kappa shape index (κ3) is 3.25. The van der Waals surface area contributed by atoms with E-state index in [-0.39, 0.29) is 11.7 Å². The van der Waals surface area contributed by atoms with Gasteiger partial charge in [0, 0.05) is 12.1 Å². The second-order valence-electron chi connectivity index (χ2n) is 7.04. The van der Waals surface area contributed by atoms with Crippen molar-refractivity contribution < 1.29 is 0 Å². The number of H-pyrrole nitrogens is 1. The second-order valence-corrected chi connectivity index (χ2v) is 7.04. The maximum absolute atomic E-state index is 12.1. The van der Waals surface area contributed by atoms with Crippen LogP contribution in [0.25, 0.3) is 0 Å². The lowest BCUT2D eigenvalue weighted by molar-refractivity contribution is 0.299. The molecule has 0 bridgehead atoms. The SMILES string of the molecule is CC(C)n1c(=O)nc(N[C@H](C2CCCCC2)C2CC2)[nH]c1=O. The van der Waals surface area contributed by atoms with Gasteiger partial charge in [-0.3, -0.25) is 4.98 Å². The molecule has 0 unspecified atom stereocenters. The van der Waals surface area contributed by atoms with Gasteiger partial charge < -0.3 is 5.32 Å². The fraction of sp³-hybridized carbons (Fsp3) is 0.812. The Hall–Kier alpha value is -1.59. The highest BCUT2D eigenvalue weighted by Crippen LogP contribution is 2.41. The number of hydrogen-bond acceptors (Lipinski definition) is 4. The highest BCUT2D eigenvalue weighted by Gasteiger charge is 2.37. The zero-order valence-electron chi connectivity index (χ0n) is 13.5. The first-order valence-electron chi connectivity index (χ1n) is 8.55. The smallest absolute Gasteiger partial charge is 0.352 e. The van der Waals surface area contributed by atoms with Crippen molar-refractivity contribution in [2.24, 2.45) is 11.8 Å². The first-order valence-corrected chi connectivity index (χ1v) is 8.55. The molecule has 0 amide bonds. The standard InChI is InChI=1S/C16H26N4O2/c1-10(2)20-15(21)18-14(19-16(20)22)17-13(12-8-9-12)11-6-4-3-5-7-11/h10-13H,3-9H2,1-2H3,(H2,17,18,19,21,22)/t13-/m1/s1. The van der Waals surface area contributed by atoms with Gasteiger partial charge >= 0.3 is 11.4 Å². The third-order valence-electron chi connectivity index (χ3n) is 4.97. The normalized spacial score (nSPS) is 21.0. The molecule has 1 aromatic heterocycles. The van der Waals surface area contributed by atoms with E-state index in [1.807, 2.05) is 0 Å². The Morgan fingerprint density at radius 2 is 1.73 bits per heavy atom. The minimum absolute atomic E-state index is 0.185. The van der Waals surface area contributed by atoms with Gasteiger partial charge in [0.2, 0.25) is 5.95 Å². The van der Waals surface area contributed by atoms with Crippen LogP contribution in [-0.4, -0.2) is 20.6 Å². The molecule has 2 fully saturated rings. The molecule has 1 heterocycles. The number of aromatic amines is 1. The van der Waals surface area contributed by atoms with Gasteiger partial charge in [-0.1, -0.05) is 19.3 Å². The van der Waals surface area contributed by atoms with Crippen molar-refractivity contribution in [2.45, 2.75) is 70.9 Å². The van der Waals surface area contributed by atoms with Crippen LogP contribution in [0, 0.1) is 11.8 Å². The van der Waals surface area contributed by atoms with Crippen LogP contribution >= 0.6 is 0 Å². The quantitative estimate of drug-likeness (QED) is 0.874. The third-order valence-corrected chi connectivity index (χ3v) is 4.97. The summed E-state index contributed by atoms with van der Waals surface area (Å²) in [5.41, 5.74) is -0.852. The van der Waals surface area contributed by atoms with Crippen LogP contribution in [-0.2, 0) is 0 Å². The molecule has 6 heteroatoms. The molecule has 6 nitrogen and oxygen atoms in total. The molecule has 0 spiro atoms. The van der Waals surface area contributed by atoms with Crippen LogP contribution in [0.15, 0.2) is 9.59 Å². The number of nitrogens with zero attached hydrogens (tertiary/aromatic N) is 2. The summed E-state index contributed by atoms with van der Waals surface area (Å²) in [6.45, 7) is 3.61. The van der Waals surface area contributed by atoms with Crippen molar-refractivity contribution in [1.82, 2.24) is 14.5 Å². The Morgan fingerprint density at radius 1 is 1.09 bits per heavy atom. The van der Waals surface area contributed by atoms with Crippen molar-refractivity contribution in [3.63, 3.8) is 0 Å². The Labute approximate surface area is 130 Å². The predicted molar refractivity (Wildman–Crippen MR) is 86.2 cm³/mol. The Balaban J connectivity index is 1.81. The fourth-order valence-electron chi connectivity index (χ4n) is 3.68. The summed E-state index contributed by atoms with van der Waals surface area (Å²) in [7, 11) is 0. The van der Waals surface area contributed by atoms with Gasteiger partial charge in [0.05, 0.1) is 0 Å². The van der Waals surface area contributed by atoms with E-state index in [0.29, 0.717) is 23.8 Å². The number of aromatic nitrogens is 3. The van der Waals surface area contributed by atoms with Crippen molar-refractivity contribution in [3.05, 3.63) is 21.0 Å². The number of hydrogen-bond donors (Lipinski definition) is 2. The molecule has 22 heavy (non-hydrogen) atoms. The molecule has 0 aromatic carbocycles. The van der Waals surface area contributed by atoms with Gasteiger partial charge in [0.1, 0.15) is 0 Å². The van der Waals surface area contributed by atoms with Crippen LogP contribution < -0.4 is 16.7 Å². The first-order chi connectivity index (χ1) is 10.6. The van der Waals surface area contributed by atoms with Crippen LogP contribution in [0.1, 0.15) is 64.8 Å². The van der Waals surface area contributed by atoms with E-state index < -0.39 is 5.69 Å². The Morgan fingerprint density at radius 3 is 2.27 bits per heavy atom. The summed E-state index contributed by atoms with van der Waals surface area (Å²) in [6, 6.07) is 0.160. The van der Waals surface area contributed by atoms with Crippen molar-refractivity contribution in [3.8, 4) is 0 Å². The monoisotopic (exact) mass is 306 g/mol. The molecule has 0 radical (unpaired) electrons. The largest absolute Gasteiger partial charge is 0.355 e. The molecule has 0 saturated heterocycles. The van der Waals surface area contributed by atoms with E-state index in [1.165, 1.54) is 44.9 Å². The molecule has 1 atom stereocenters. The number of nitrogens with one attached hydrogen (secondary N) is 2. The minimum atomic E-state index is -0.473. The van der Waals surface area contributed by atoms with Gasteiger partial charge in [0.25, 0.3) is 0 Å². The highest BCUT2D eigenvalue weighted by molar-refractivity contribution is 5.25. The zero-order valence-corrected chi connectivity index (χ0v) is 13.5. The topological polar surface area (TPSA) is 79.8 Å². The maximum Gasteiger partial charge on any atom is 0.355 e. The lowest BCUT2D eigenvalue weighted by Gasteiger charge is -2.31. The molecular weight excluding hydrogens is 280 g/mol. The Bertz CT molecular complexity index is 593. The average Bonchev–Trinajstić information content (AvgIpc) is 3.29. The molecule has 122 valence electrons. The fourth-order valence-corrected chi connectivity index (χ4v) is 3.68. The van der Waals surface area contributed by atoms with E-state index >= 15 is 0 Å². The van der Waals surface area contributed by atoms with Gasteiger partial charge in [0.15, 0.2) is 0 Å². The van der Waals surface area contributed by atoms with Gasteiger partial charge in [-0.25, -0.2) is 14.2 Å². The van der Waals surface area contributed by atoms with E-state index in [1.54, 1.807) is 13.8 Å². The van der Waals surface area contributed by atoms with Crippen LogP contribution in [0.5, 0.6) is 0 Å². The molecule has 1 aromatic rings. The first kappa shape index (κ1) is 15.3. The summed E-state index contributed by atoms with van der Waals surface area (Å²) in [5.74, 6) is 1.65. The van der Waals surface area contributed by atoms with Crippen molar-refractivity contribution in [2.75, 3.05) is 5.32 Å². The molecule has 2 aliphatic rings. The molecule has 2 N–H and O–H groups in total. The number of anilines is 1. The molecule has 3 rings (SSSR count). The second kappa shape index (κ2) is 6.26. The molecule has 0 aliphatic heterocycles. The van der Waals surface area contributed by atoms with Crippen LogP contribution in [0.2, 0.25) is 0 Å². The van der Waals surface area contributed by atoms with Gasteiger partial charge in [-0.2, -0.15) is 4.98 Å². The summed E-state index contributed by atoms with van der Waals surface area (Å²) in [5, 5.41) is 3.38. The average molecular weight is 306 g/mol. The summed E-state index contributed by atoms with van der Waals surface area (Å²) < 4.78 is 1.15. The van der Waals surface area contributed by atoms with Crippen LogP contribution in [0.3, 0.4) is 0 Å². The Kier molecular flexibility index (Phi) is 4.36. The maximum atomic E-state index is 12.1.